The first kappa shape index (κ1) is 15.8. The van der Waals surface area contributed by atoms with E-state index in [1.807, 2.05) is 49.3 Å². The molecular formula is C18H18N4O2. The molecule has 0 spiro atoms. The lowest BCUT2D eigenvalue weighted by molar-refractivity contribution is 0.0160. The number of amides is 1. The second-order valence-corrected chi connectivity index (χ2v) is 5.89. The first-order chi connectivity index (χ1) is 11.6. The second kappa shape index (κ2) is 6.59. The van der Waals surface area contributed by atoms with E-state index in [0.29, 0.717) is 30.1 Å². The van der Waals surface area contributed by atoms with Crippen molar-refractivity contribution in [3.8, 4) is 11.9 Å². The van der Waals surface area contributed by atoms with E-state index in [4.69, 9.17) is 10.00 Å². The van der Waals surface area contributed by atoms with Gasteiger partial charge < -0.3 is 14.5 Å². The number of rotatable bonds is 4. The second-order valence-electron chi connectivity index (χ2n) is 5.89. The van der Waals surface area contributed by atoms with Crippen molar-refractivity contribution in [1.82, 2.24) is 9.88 Å². The van der Waals surface area contributed by atoms with Crippen LogP contribution in [0.15, 0.2) is 42.6 Å². The van der Waals surface area contributed by atoms with Gasteiger partial charge in [-0.25, -0.2) is 4.98 Å². The summed E-state index contributed by atoms with van der Waals surface area (Å²) in [7, 11) is 3.89. The highest BCUT2D eigenvalue weighted by Crippen LogP contribution is 2.20. The van der Waals surface area contributed by atoms with E-state index in [1.54, 1.807) is 17.0 Å². The minimum absolute atomic E-state index is 0.00587. The Balaban J connectivity index is 1.57. The summed E-state index contributed by atoms with van der Waals surface area (Å²) in [6.07, 6.45) is 1.41. The van der Waals surface area contributed by atoms with E-state index >= 15 is 0 Å². The SMILES string of the molecule is CN(C)c1cccc(C(=O)N2CC(Oc3ccc(C#N)cn3)C2)c1. The topological polar surface area (TPSA) is 69.5 Å². The molecule has 1 amide bonds. The van der Waals surface area contributed by atoms with Crippen molar-refractivity contribution in [3.63, 3.8) is 0 Å². The number of ether oxygens (including phenoxy) is 1. The van der Waals surface area contributed by atoms with Gasteiger partial charge in [-0.2, -0.15) is 5.26 Å². The zero-order valence-corrected chi connectivity index (χ0v) is 13.6. The fourth-order valence-corrected chi connectivity index (χ4v) is 2.47. The number of aromatic nitrogens is 1. The van der Waals surface area contributed by atoms with E-state index < -0.39 is 0 Å². The molecule has 3 rings (SSSR count). The van der Waals surface area contributed by atoms with Crippen LogP contribution < -0.4 is 9.64 Å². The monoisotopic (exact) mass is 322 g/mol. The molecule has 122 valence electrons. The van der Waals surface area contributed by atoms with Gasteiger partial charge in [0.1, 0.15) is 12.2 Å². The lowest BCUT2D eigenvalue weighted by atomic mass is 10.1. The summed E-state index contributed by atoms with van der Waals surface area (Å²) in [5, 5.41) is 8.75. The molecule has 2 heterocycles. The molecule has 0 atom stereocenters. The fourth-order valence-electron chi connectivity index (χ4n) is 2.47. The minimum atomic E-state index is -0.0635. The van der Waals surface area contributed by atoms with Crippen LogP contribution in [0.25, 0.3) is 0 Å². The Hall–Kier alpha value is -3.07. The highest BCUT2D eigenvalue weighted by molar-refractivity contribution is 5.95. The highest BCUT2D eigenvalue weighted by atomic mass is 16.5. The van der Waals surface area contributed by atoms with Crippen molar-refractivity contribution in [2.75, 3.05) is 32.1 Å². The van der Waals surface area contributed by atoms with Crippen LogP contribution in [0.2, 0.25) is 0 Å². The molecule has 2 aromatic rings. The Bertz CT molecular complexity index is 774. The number of nitriles is 1. The first-order valence-corrected chi connectivity index (χ1v) is 7.66. The maximum atomic E-state index is 12.5. The number of anilines is 1. The number of carbonyl (C=O) groups is 1. The van der Waals surface area contributed by atoms with Crippen LogP contribution in [0.1, 0.15) is 15.9 Å². The number of carbonyl (C=O) groups excluding carboxylic acids is 1. The van der Waals surface area contributed by atoms with Gasteiger partial charge in [0.25, 0.3) is 5.91 Å². The third-order valence-electron chi connectivity index (χ3n) is 3.90. The molecule has 6 heteroatoms. The van der Waals surface area contributed by atoms with E-state index in [1.165, 1.54) is 6.20 Å². The van der Waals surface area contributed by atoms with Crippen molar-refractivity contribution in [3.05, 3.63) is 53.7 Å². The van der Waals surface area contributed by atoms with E-state index in [0.717, 1.165) is 5.69 Å². The molecular weight excluding hydrogens is 304 g/mol. The van der Waals surface area contributed by atoms with E-state index in [9.17, 15) is 4.79 Å². The summed E-state index contributed by atoms with van der Waals surface area (Å²) in [5.74, 6) is 0.479. The van der Waals surface area contributed by atoms with Gasteiger partial charge in [-0.05, 0) is 24.3 Å². The van der Waals surface area contributed by atoms with Gasteiger partial charge in [0.05, 0.1) is 18.7 Å². The largest absolute Gasteiger partial charge is 0.471 e. The molecule has 1 saturated heterocycles. The average molecular weight is 322 g/mol. The number of hydrogen-bond donors (Lipinski definition) is 0. The number of likely N-dealkylation sites (tertiary alicyclic amines) is 1. The van der Waals surface area contributed by atoms with Crippen molar-refractivity contribution in [2.45, 2.75) is 6.10 Å². The van der Waals surface area contributed by atoms with Crippen molar-refractivity contribution in [1.29, 1.82) is 5.26 Å². The van der Waals surface area contributed by atoms with Crippen molar-refractivity contribution < 1.29 is 9.53 Å². The Morgan fingerprint density at radius 3 is 2.75 bits per heavy atom. The summed E-state index contributed by atoms with van der Waals surface area (Å²) in [4.78, 5) is 20.3. The Morgan fingerprint density at radius 1 is 1.33 bits per heavy atom. The Kier molecular flexibility index (Phi) is 4.34. The molecule has 0 unspecified atom stereocenters. The average Bonchev–Trinajstić information content (AvgIpc) is 2.57. The maximum absolute atomic E-state index is 12.5. The molecule has 1 fully saturated rings. The molecule has 24 heavy (non-hydrogen) atoms. The number of pyridine rings is 1. The Morgan fingerprint density at radius 2 is 2.12 bits per heavy atom. The summed E-state index contributed by atoms with van der Waals surface area (Å²) < 4.78 is 5.71. The first-order valence-electron chi connectivity index (χ1n) is 7.66. The molecule has 0 radical (unpaired) electrons. The van der Waals surface area contributed by atoms with Gasteiger partial charge >= 0.3 is 0 Å². The lowest BCUT2D eigenvalue weighted by Crippen LogP contribution is -2.56. The predicted octanol–water partition coefficient (Wildman–Crippen LogP) is 1.92. The molecule has 1 aliphatic heterocycles. The summed E-state index contributed by atoms with van der Waals surface area (Å²) >= 11 is 0. The molecule has 6 nitrogen and oxygen atoms in total. The summed E-state index contributed by atoms with van der Waals surface area (Å²) in [6.45, 7) is 1.07. The van der Waals surface area contributed by atoms with Gasteiger partial charge in [-0.1, -0.05) is 6.07 Å². The van der Waals surface area contributed by atoms with Gasteiger partial charge in [-0.3, -0.25) is 4.79 Å². The zero-order valence-electron chi connectivity index (χ0n) is 13.6. The molecule has 0 bridgehead atoms. The van der Waals surface area contributed by atoms with Crippen LogP contribution in [0.5, 0.6) is 5.88 Å². The van der Waals surface area contributed by atoms with Crippen LogP contribution in [0.3, 0.4) is 0 Å². The normalized spacial score (nSPS) is 13.8. The van der Waals surface area contributed by atoms with Gasteiger partial charge in [0.2, 0.25) is 5.88 Å². The quantitative estimate of drug-likeness (QED) is 0.860. The summed E-state index contributed by atoms with van der Waals surface area (Å²) in [5.41, 5.74) is 2.17. The van der Waals surface area contributed by atoms with Crippen LogP contribution in [-0.4, -0.2) is 49.1 Å². The van der Waals surface area contributed by atoms with Crippen LogP contribution in [-0.2, 0) is 0 Å². The molecule has 0 aliphatic carbocycles. The van der Waals surface area contributed by atoms with Crippen LogP contribution in [0.4, 0.5) is 5.69 Å². The highest BCUT2D eigenvalue weighted by Gasteiger charge is 2.33. The zero-order chi connectivity index (χ0) is 17.1. The fraction of sp³-hybridized carbons (Fsp3) is 0.278. The van der Waals surface area contributed by atoms with Gasteiger partial charge in [0.15, 0.2) is 0 Å². The number of benzene rings is 1. The maximum Gasteiger partial charge on any atom is 0.254 e. The van der Waals surface area contributed by atoms with Crippen LogP contribution >= 0.6 is 0 Å². The molecule has 0 N–H and O–H groups in total. The third-order valence-corrected chi connectivity index (χ3v) is 3.90. The molecule has 1 aromatic carbocycles. The van der Waals surface area contributed by atoms with Crippen molar-refractivity contribution >= 4 is 11.6 Å². The van der Waals surface area contributed by atoms with E-state index in [-0.39, 0.29) is 12.0 Å². The van der Waals surface area contributed by atoms with Crippen LogP contribution in [0, 0.1) is 11.3 Å². The lowest BCUT2D eigenvalue weighted by Gasteiger charge is -2.38. The number of nitrogens with zero attached hydrogens (tertiary/aromatic N) is 4. The smallest absolute Gasteiger partial charge is 0.254 e. The minimum Gasteiger partial charge on any atom is -0.471 e. The predicted molar refractivity (Wildman–Crippen MR) is 90.0 cm³/mol. The molecule has 0 saturated carbocycles. The van der Waals surface area contributed by atoms with Gasteiger partial charge in [-0.15, -0.1) is 0 Å². The van der Waals surface area contributed by atoms with Crippen molar-refractivity contribution in [2.24, 2.45) is 0 Å². The summed E-state index contributed by atoms with van der Waals surface area (Å²) in [6, 6.07) is 12.9. The molecule has 1 aromatic heterocycles. The number of hydrogen-bond acceptors (Lipinski definition) is 5. The molecule has 1 aliphatic rings. The third kappa shape index (κ3) is 3.30. The Labute approximate surface area is 140 Å². The van der Waals surface area contributed by atoms with Gasteiger partial charge in [0, 0.05) is 37.6 Å². The standard InChI is InChI=1S/C18H18N4O2/c1-21(2)15-5-3-4-14(8-15)18(23)22-11-16(12-22)24-17-7-6-13(9-19)10-20-17/h3-8,10,16H,11-12H2,1-2H3. The van der Waals surface area contributed by atoms with E-state index in [2.05, 4.69) is 4.98 Å².